The largest absolute Gasteiger partial charge is 0.496 e. The van der Waals surface area contributed by atoms with Crippen molar-refractivity contribution in [2.75, 3.05) is 13.0 Å². The molecule has 0 saturated heterocycles. The lowest BCUT2D eigenvalue weighted by Gasteiger charge is -2.11. The van der Waals surface area contributed by atoms with Crippen LogP contribution < -0.4 is 9.47 Å². The number of unbranched alkanes of at least 4 members (excludes halogenated alkanes) is 1. The Hall–Kier alpha value is -2.00. The lowest BCUT2D eigenvalue weighted by Crippen LogP contribution is -2.03. The highest BCUT2D eigenvalue weighted by Gasteiger charge is 2.13. The van der Waals surface area contributed by atoms with E-state index >= 15 is 0 Å². The Morgan fingerprint density at radius 1 is 1.05 bits per heavy atom. The van der Waals surface area contributed by atoms with Crippen LogP contribution in [0.25, 0.3) is 0 Å². The average molecular weight is 319 g/mol. The number of ether oxygens (including phenoxy) is 2. The van der Waals surface area contributed by atoms with Crippen molar-refractivity contribution >= 4 is 17.4 Å². The lowest BCUT2D eigenvalue weighted by atomic mass is 10.0. The van der Waals surface area contributed by atoms with E-state index in [1.54, 1.807) is 25.3 Å². The van der Waals surface area contributed by atoms with Gasteiger partial charge in [0.2, 0.25) is 0 Å². The van der Waals surface area contributed by atoms with Crippen molar-refractivity contribution in [2.24, 2.45) is 0 Å². The summed E-state index contributed by atoms with van der Waals surface area (Å²) >= 11 is 5.65. The summed E-state index contributed by atoms with van der Waals surface area (Å²) in [5.41, 5.74) is 0.547. The van der Waals surface area contributed by atoms with Gasteiger partial charge < -0.3 is 9.47 Å². The number of benzene rings is 2. The Kier molecular flexibility index (Phi) is 6.28. The van der Waals surface area contributed by atoms with E-state index in [1.807, 2.05) is 30.3 Å². The third-order valence-electron chi connectivity index (χ3n) is 3.24. The molecular weight excluding hydrogens is 300 g/mol. The molecular formula is C18H19ClO3. The van der Waals surface area contributed by atoms with Crippen LogP contribution in [0.2, 0.25) is 0 Å². The van der Waals surface area contributed by atoms with Crippen molar-refractivity contribution in [2.45, 2.75) is 19.3 Å². The van der Waals surface area contributed by atoms with Crippen LogP contribution in [0.4, 0.5) is 0 Å². The van der Waals surface area contributed by atoms with Gasteiger partial charge in [-0.1, -0.05) is 18.2 Å². The summed E-state index contributed by atoms with van der Waals surface area (Å²) < 4.78 is 11.0. The van der Waals surface area contributed by atoms with Crippen LogP contribution in [0.3, 0.4) is 0 Å². The summed E-state index contributed by atoms with van der Waals surface area (Å²) in [5, 5.41) is 0. The predicted octanol–water partition coefficient (Wildman–Crippen LogP) is 5.08. The molecule has 2 aromatic rings. The molecule has 4 heteroatoms. The lowest BCUT2D eigenvalue weighted by molar-refractivity contribution is 0.0976. The van der Waals surface area contributed by atoms with Crippen molar-refractivity contribution in [1.82, 2.24) is 0 Å². The summed E-state index contributed by atoms with van der Waals surface area (Å²) in [5.74, 6) is 2.53. The summed E-state index contributed by atoms with van der Waals surface area (Å²) in [6.45, 7) is 0. The molecule has 0 fully saturated rings. The van der Waals surface area contributed by atoms with Gasteiger partial charge in [-0.25, -0.2) is 0 Å². The van der Waals surface area contributed by atoms with Crippen LogP contribution in [0, 0.1) is 0 Å². The van der Waals surface area contributed by atoms with Gasteiger partial charge in [-0.05, 0) is 43.2 Å². The number of alkyl halides is 1. The van der Waals surface area contributed by atoms with Gasteiger partial charge in [-0.3, -0.25) is 4.79 Å². The van der Waals surface area contributed by atoms with E-state index in [0.717, 1.165) is 18.6 Å². The molecule has 0 N–H and O–H groups in total. The van der Waals surface area contributed by atoms with Gasteiger partial charge in [-0.15, -0.1) is 11.6 Å². The van der Waals surface area contributed by atoms with Gasteiger partial charge in [0.1, 0.15) is 17.2 Å². The van der Waals surface area contributed by atoms with Crippen LogP contribution in [0.15, 0.2) is 48.5 Å². The Morgan fingerprint density at radius 3 is 2.50 bits per heavy atom. The molecule has 0 saturated carbocycles. The minimum Gasteiger partial charge on any atom is -0.496 e. The van der Waals surface area contributed by atoms with Gasteiger partial charge in [-0.2, -0.15) is 0 Å². The smallest absolute Gasteiger partial charge is 0.166 e. The number of Topliss-reactive ketones (excluding diaryl/α,β-unsaturated/α-hetero) is 1. The Labute approximate surface area is 135 Å². The molecule has 0 aliphatic rings. The van der Waals surface area contributed by atoms with Crippen molar-refractivity contribution in [3.63, 3.8) is 0 Å². The molecule has 116 valence electrons. The Bertz CT molecular complexity index is 611. The average Bonchev–Trinajstić information content (AvgIpc) is 2.56. The highest BCUT2D eigenvalue weighted by molar-refractivity contribution is 6.17. The van der Waals surface area contributed by atoms with Gasteiger partial charge in [0, 0.05) is 12.3 Å². The second-order valence-corrected chi connectivity index (χ2v) is 5.22. The molecule has 0 aliphatic carbocycles. The number of hydrogen-bond acceptors (Lipinski definition) is 3. The summed E-state index contributed by atoms with van der Waals surface area (Å²) in [6, 6.07) is 14.7. The molecule has 0 heterocycles. The molecule has 0 atom stereocenters. The van der Waals surface area contributed by atoms with Crippen molar-refractivity contribution in [3.8, 4) is 17.2 Å². The topological polar surface area (TPSA) is 35.5 Å². The van der Waals surface area contributed by atoms with Crippen LogP contribution in [0.5, 0.6) is 17.2 Å². The third kappa shape index (κ3) is 4.50. The first-order valence-electron chi connectivity index (χ1n) is 7.24. The fourth-order valence-electron chi connectivity index (χ4n) is 2.11. The molecule has 2 rings (SSSR count). The molecule has 0 unspecified atom stereocenters. The SMILES string of the molecule is COc1ccc(Oc2ccccc2)cc1C(=O)CCCCCl. The van der Waals surface area contributed by atoms with E-state index in [9.17, 15) is 4.79 Å². The van der Waals surface area contributed by atoms with Crippen LogP contribution >= 0.6 is 11.6 Å². The van der Waals surface area contributed by atoms with Gasteiger partial charge in [0.05, 0.1) is 12.7 Å². The van der Waals surface area contributed by atoms with E-state index in [2.05, 4.69) is 0 Å². The Morgan fingerprint density at radius 2 is 1.82 bits per heavy atom. The van der Waals surface area contributed by atoms with Gasteiger partial charge >= 0.3 is 0 Å². The van der Waals surface area contributed by atoms with Gasteiger partial charge in [0.15, 0.2) is 5.78 Å². The number of hydrogen-bond donors (Lipinski definition) is 0. The first-order chi connectivity index (χ1) is 10.7. The zero-order valence-corrected chi connectivity index (χ0v) is 13.3. The number of ketones is 1. The second-order valence-electron chi connectivity index (χ2n) is 4.85. The standard InChI is InChI=1S/C18H19ClO3/c1-21-18-11-10-15(22-14-7-3-2-4-8-14)13-16(18)17(20)9-5-6-12-19/h2-4,7-8,10-11,13H,5-6,9,12H2,1H3. The first-order valence-corrected chi connectivity index (χ1v) is 7.78. The maximum absolute atomic E-state index is 12.3. The van der Waals surface area contributed by atoms with E-state index in [-0.39, 0.29) is 5.78 Å². The fraction of sp³-hybridized carbons (Fsp3) is 0.278. The molecule has 0 amide bonds. The first kappa shape index (κ1) is 16.4. The number of methoxy groups -OCH3 is 1. The summed E-state index contributed by atoms with van der Waals surface area (Å²) in [7, 11) is 1.56. The number of carbonyl (C=O) groups is 1. The highest BCUT2D eigenvalue weighted by atomic mass is 35.5. The molecule has 0 aliphatic heterocycles. The predicted molar refractivity (Wildman–Crippen MR) is 88.4 cm³/mol. The molecule has 2 aromatic carbocycles. The monoisotopic (exact) mass is 318 g/mol. The molecule has 0 bridgehead atoms. The zero-order chi connectivity index (χ0) is 15.8. The number of halogens is 1. The molecule has 22 heavy (non-hydrogen) atoms. The van der Waals surface area contributed by atoms with E-state index < -0.39 is 0 Å². The summed E-state index contributed by atoms with van der Waals surface area (Å²) in [6.07, 6.45) is 2.06. The minimum absolute atomic E-state index is 0.0421. The van der Waals surface area contributed by atoms with Crippen LogP contribution in [0.1, 0.15) is 29.6 Å². The van der Waals surface area contributed by atoms with E-state index in [1.165, 1.54) is 0 Å². The maximum Gasteiger partial charge on any atom is 0.166 e. The zero-order valence-electron chi connectivity index (χ0n) is 12.5. The summed E-state index contributed by atoms with van der Waals surface area (Å²) in [4.78, 5) is 12.3. The van der Waals surface area contributed by atoms with Gasteiger partial charge in [0.25, 0.3) is 0 Å². The normalized spacial score (nSPS) is 10.3. The van der Waals surface area contributed by atoms with E-state index in [0.29, 0.717) is 29.4 Å². The van der Waals surface area contributed by atoms with E-state index in [4.69, 9.17) is 21.1 Å². The molecule has 0 aromatic heterocycles. The third-order valence-corrected chi connectivity index (χ3v) is 3.50. The Balaban J connectivity index is 2.16. The van der Waals surface area contributed by atoms with Crippen molar-refractivity contribution in [1.29, 1.82) is 0 Å². The molecule has 0 radical (unpaired) electrons. The number of carbonyl (C=O) groups excluding carboxylic acids is 1. The number of para-hydroxylation sites is 1. The quantitative estimate of drug-likeness (QED) is 0.387. The van der Waals surface area contributed by atoms with Crippen molar-refractivity contribution in [3.05, 3.63) is 54.1 Å². The number of rotatable bonds is 8. The highest BCUT2D eigenvalue weighted by Crippen LogP contribution is 2.28. The maximum atomic E-state index is 12.3. The van der Waals surface area contributed by atoms with Crippen LogP contribution in [-0.2, 0) is 0 Å². The van der Waals surface area contributed by atoms with Crippen molar-refractivity contribution < 1.29 is 14.3 Å². The second kappa shape index (κ2) is 8.44. The molecule has 0 spiro atoms. The minimum atomic E-state index is 0.0421. The fourth-order valence-corrected chi connectivity index (χ4v) is 2.30. The molecule has 3 nitrogen and oxygen atoms in total. The van der Waals surface area contributed by atoms with Crippen LogP contribution in [-0.4, -0.2) is 18.8 Å².